The van der Waals surface area contributed by atoms with E-state index in [2.05, 4.69) is 16.4 Å². The van der Waals surface area contributed by atoms with Gasteiger partial charge in [-0.2, -0.15) is 5.26 Å². The van der Waals surface area contributed by atoms with E-state index in [1.165, 1.54) is 4.90 Å². The van der Waals surface area contributed by atoms with Gasteiger partial charge in [0.05, 0.1) is 11.6 Å². The van der Waals surface area contributed by atoms with E-state index in [4.69, 9.17) is 15.6 Å². The molecule has 2 aliphatic rings. The summed E-state index contributed by atoms with van der Waals surface area (Å²) in [6.07, 6.45) is 3.61. The lowest BCUT2D eigenvalue weighted by atomic mass is 10.0. The molecular weight excluding hydrogens is 410 g/mol. The number of carbonyl (C=O) groups excluding carboxylic acids is 2. The minimum Gasteiger partial charge on any atom is -0.487 e. The Morgan fingerprint density at radius 1 is 1.25 bits per heavy atom. The largest absolute Gasteiger partial charge is 0.487 e. The predicted octanol–water partition coefficient (Wildman–Crippen LogP) is 1.27. The number of pyridine rings is 1. The van der Waals surface area contributed by atoms with Gasteiger partial charge in [0, 0.05) is 31.6 Å². The number of nitriles is 1. The molecule has 0 radical (unpaired) electrons. The van der Waals surface area contributed by atoms with Crippen molar-refractivity contribution in [3.63, 3.8) is 0 Å². The molecule has 9 nitrogen and oxygen atoms in total. The third-order valence-corrected chi connectivity index (χ3v) is 5.75. The highest BCUT2D eigenvalue weighted by Gasteiger charge is 2.31. The van der Waals surface area contributed by atoms with Gasteiger partial charge in [-0.25, -0.2) is 4.98 Å². The van der Waals surface area contributed by atoms with Crippen molar-refractivity contribution in [2.24, 2.45) is 11.7 Å². The first-order valence-corrected chi connectivity index (χ1v) is 10.6. The first-order valence-electron chi connectivity index (χ1n) is 10.6. The smallest absolute Gasteiger partial charge is 0.248 e. The number of aliphatic hydroxyl groups is 1. The number of rotatable bonds is 6. The van der Waals surface area contributed by atoms with Crippen LogP contribution in [0.5, 0.6) is 5.75 Å². The van der Waals surface area contributed by atoms with Gasteiger partial charge in [-0.05, 0) is 48.2 Å². The van der Waals surface area contributed by atoms with Crippen molar-refractivity contribution in [3.05, 3.63) is 42.1 Å². The molecule has 1 aromatic heterocycles. The van der Waals surface area contributed by atoms with Crippen LogP contribution in [-0.2, 0) is 9.59 Å². The zero-order chi connectivity index (χ0) is 22.7. The van der Waals surface area contributed by atoms with Crippen molar-refractivity contribution in [2.75, 3.05) is 25.0 Å². The number of ether oxygens (including phenoxy) is 1. The van der Waals surface area contributed by atoms with Gasteiger partial charge in [0.15, 0.2) is 0 Å². The lowest BCUT2D eigenvalue weighted by molar-refractivity contribution is -0.136. The van der Waals surface area contributed by atoms with Crippen LogP contribution in [0.15, 0.2) is 36.5 Å². The maximum atomic E-state index is 12.0. The van der Waals surface area contributed by atoms with Crippen molar-refractivity contribution < 1.29 is 19.4 Å². The van der Waals surface area contributed by atoms with E-state index in [0.29, 0.717) is 30.1 Å². The summed E-state index contributed by atoms with van der Waals surface area (Å²) in [5.41, 5.74) is 8.16. The van der Waals surface area contributed by atoms with Gasteiger partial charge in [0.2, 0.25) is 11.8 Å². The second-order valence-corrected chi connectivity index (χ2v) is 8.12. The van der Waals surface area contributed by atoms with Gasteiger partial charge in [0.25, 0.3) is 0 Å². The minimum absolute atomic E-state index is 0.0146. The zero-order valence-corrected chi connectivity index (χ0v) is 17.5. The SMILES string of the molecule is N#Cc1cc(-c2ccnc(NC(=O)C3CC3)c2)ccc1O[C@H]1CCN(C(=O)CO)C[C@H]1N. The van der Waals surface area contributed by atoms with E-state index in [9.17, 15) is 14.9 Å². The molecule has 2 atom stereocenters. The van der Waals surface area contributed by atoms with Crippen LogP contribution in [0.3, 0.4) is 0 Å². The van der Waals surface area contributed by atoms with Crippen molar-refractivity contribution in [2.45, 2.75) is 31.4 Å². The number of anilines is 1. The molecule has 1 aromatic carbocycles. The van der Waals surface area contributed by atoms with Gasteiger partial charge in [-0.15, -0.1) is 0 Å². The van der Waals surface area contributed by atoms with E-state index >= 15 is 0 Å². The maximum Gasteiger partial charge on any atom is 0.248 e. The molecule has 0 bridgehead atoms. The van der Waals surface area contributed by atoms with Crippen LogP contribution < -0.4 is 15.8 Å². The predicted molar refractivity (Wildman–Crippen MR) is 116 cm³/mol. The number of aliphatic hydroxyl groups excluding tert-OH is 1. The van der Waals surface area contributed by atoms with Gasteiger partial charge in [0.1, 0.15) is 30.3 Å². The summed E-state index contributed by atoms with van der Waals surface area (Å²) in [7, 11) is 0. The van der Waals surface area contributed by atoms with Crippen LogP contribution in [0.2, 0.25) is 0 Å². The molecule has 1 saturated heterocycles. The molecule has 32 heavy (non-hydrogen) atoms. The molecular formula is C23H25N5O4. The molecule has 2 aromatic rings. The standard InChI is InChI=1S/C23H25N5O4/c24-11-17-9-15(16-5-7-26-21(10-16)27-23(31)14-1-2-14)3-4-19(17)32-20-6-8-28(12-18(20)25)22(30)13-29/h3-5,7,9-10,14,18,20,29H,1-2,6,8,12-13,25H2,(H,26,27,31)/t18-,20+/m1/s1. The van der Waals surface area contributed by atoms with E-state index in [0.717, 1.165) is 24.0 Å². The number of aromatic nitrogens is 1. The third-order valence-electron chi connectivity index (χ3n) is 5.75. The minimum atomic E-state index is -0.542. The van der Waals surface area contributed by atoms with Gasteiger partial charge >= 0.3 is 0 Å². The highest BCUT2D eigenvalue weighted by molar-refractivity contribution is 5.93. The fourth-order valence-electron chi connectivity index (χ4n) is 3.75. The fourth-order valence-corrected chi connectivity index (χ4v) is 3.75. The van der Waals surface area contributed by atoms with Crippen LogP contribution in [0, 0.1) is 17.2 Å². The number of hydrogen-bond donors (Lipinski definition) is 3. The first-order chi connectivity index (χ1) is 15.5. The Labute approximate surface area is 185 Å². The second kappa shape index (κ2) is 9.34. The Hall–Kier alpha value is -3.48. The lowest BCUT2D eigenvalue weighted by Crippen LogP contribution is -2.55. The van der Waals surface area contributed by atoms with Gasteiger partial charge < -0.3 is 25.8 Å². The number of nitrogens with zero attached hydrogens (tertiary/aromatic N) is 3. The quantitative estimate of drug-likeness (QED) is 0.620. The summed E-state index contributed by atoms with van der Waals surface area (Å²) in [5.74, 6) is 0.621. The Balaban J connectivity index is 1.47. The summed E-state index contributed by atoms with van der Waals surface area (Å²) < 4.78 is 6.03. The number of piperidine rings is 1. The lowest BCUT2D eigenvalue weighted by Gasteiger charge is -2.36. The highest BCUT2D eigenvalue weighted by Crippen LogP contribution is 2.31. The van der Waals surface area contributed by atoms with Crippen molar-refractivity contribution in [3.8, 4) is 22.9 Å². The molecule has 0 spiro atoms. The molecule has 1 aliphatic carbocycles. The molecule has 2 heterocycles. The molecule has 0 unspecified atom stereocenters. The van der Waals surface area contributed by atoms with E-state index in [1.54, 1.807) is 24.4 Å². The number of amides is 2. The van der Waals surface area contributed by atoms with E-state index < -0.39 is 12.6 Å². The summed E-state index contributed by atoms with van der Waals surface area (Å²) in [4.78, 5) is 29.4. The number of nitrogens with two attached hydrogens (primary N) is 1. The Bertz CT molecular complexity index is 1060. The topological polar surface area (TPSA) is 142 Å². The molecule has 166 valence electrons. The molecule has 1 saturated carbocycles. The van der Waals surface area contributed by atoms with Crippen LogP contribution >= 0.6 is 0 Å². The fraction of sp³-hybridized carbons (Fsp3) is 0.391. The molecule has 9 heteroatoms. The van der Waals surface area contributed by atoms with Crippen molar-refractivity contribution in [1.82, 2.24) is 9.88 Å². The Morgan fingerprint density at radius 3 is 2.72 bits per heavy atom. The molecule has 2 fully saturated rings. The first kappa shape index (κ1) is 21.7. The van der Waals surface area contributed by atoms with Gasteiger partial charge in [-0.3, -0.25) is 9.59 Å². The summed E-state index contributed by atoms with van der Waals surface area (Å²) in [5, 5.41) is 21.5. The highest BCUT2D eigenvalue weighted by atomic mass is 16.5. The van der Waals surface area contributed by atoms with E-state index in [1.807, 2.05) is 12.1 Å². The normalized spacial score (nSPS) is 20.3. The average Bonchev–Trinajstić information content (AvgIpc) is 3.66. The molecule has 4 N–H and O–H groups in total. The second-order valence-electron chi connectivity index (χ2n) is 8.12. The van der Waals surface area contributed by atoms with E-state index in [-0.39, 0.29) is 30.4 Å². The van der Waals surface area contributed by atoms with Gasteiger partial charge in [-0.1, -0.05) is 6.07 Å². The number of benzene rings is 1. The van der Waals surface area contributed by atoms with Crippen LogP contribution in [-0.4, -0.2) is 58.6 Å². The monoisotopic (exact) mass is 435 g/mol. The van der Waals surface area contributed by atoms with Crippen molar-refractivity contribution >= 4 is 17.6 Å². The number of likely N-dealkylation sites (tertiary alicyclic amines) is 1. The van der Waals surface area contributed by atoms with Crippen LogP contribution in [0.1, 0.15) is 24.8 Å². The molecule has 2 amide bonds. The number of nitrogens with one attached hydrogen (secondary N) is 1. The summed E-state index contributed by atoms with van der Waals surface area (Å²) in [6.45, 7) is 0.180. The van der Waals surface area contributed by atoms with Crippen LogP contribution in [0.4, 0.5) is 5.82 Å². The summed E-state index contributed by atoms with van der Waals surface area (Å²) in [6, 6.07) is 10.6. The van der Waals surface area contributed by atoms with Crippen molar-refractivity contribution in [1.29, 1.82) is 5.26 Å². The number of hydrogen-bond acceptors (Lipinski definition) is 7. The van der Waals surface area contributed by atoms with Crippen LogP contribution in [0.25, 0.3) is 11.1 Å². The zero-order valence-electron chi connectivity index (χ0n) is 17.5. The Kier molecular flexibility index (Phi) is 6.35. The average molecular weight is 435 g/mol. The molecule has 1 aliphatic heterocycles. The number of carbonyl (C=O) groups is 2. The Morgan fingerprint density at radius 2 is 2.03 bits per heavy atom. The molecule has 4 rings (SSSR count). The third kappa shape index (κ3) is 4.88. The maximum absolute atomic E-state index is 12.0. The summed E-state index contributed by atoms with van der Waals surface area (Å²) >= 11 is 0.